The Labute approximate surface area is 208 Å². The van der Waals surface area contributed by atoms with Crippen molar-refractivity contribution in [1.82, 2.24) is 5.43 Å². The number of nitrogens with zero attached hydrogens (tertiary/aromatic N) is 2. The van der Waals surface area contributed by atoms with Crippen molar-refractivity contribution in [2.24, 2.45) is 0 Å². The molecule has 9 heteroatoms. The maximum absolute atomic E-state index is 15.0. The van der Waals surface area contributed by atoms with Gasteiger partial charge in [0.1, 0.15) is 5.82 Å². The van der Waals surface area contributed by atoms with Gasteiger partial charge in [-0.05, 0) is 54.1 Å². The zero-order valence-corrected chi connectivity index (χ0v) is 20.0. The standard InChI is InChI=1S/C27H21FN4O3S/c1-36(34,35)26-13-6-5-12-23(26)20-14-15-25(24(28)17-20)30-27(33)31-32(21-9-3-2-4-10-21)22-11-7-8-19(16-22)18-29/h2-17H,1H3,(H2,30,31,33). The first-order chi connectivity index (χ1) is 17.3. The topological polar surface area (TPSA) is 102 Å². The summed E-state index contributed by atoms with van der Waals surface area (Å²) in [7, 11) is -3.52. The quantitative estimate of drug-likeness (QED) is 0.334. The van der Waals surface area contributed by atoms with Gasteiger partial charge in [0.25, 0.3) is 0 Å². The van der Waals surface area contributed by atoms with E-state index < -0.39 is 21.7 Å². The molecule has 0 aliphatic carbocycles. The number of halogens is 1. The van der Waals surface area contributed by atoms with Crippen molar-refractivity contribution >= 4 is 32.9 Å². The number of carbonyl (C=O) groups is 1. The molecular weight excluding hydrogens is 479 g/mol. The third-order valence-corrected chi connectivity index (χ3v) is 6.43. The van der Waals surface area contributed by atoms with Crippen LogP contribution in [0.2, 0.25) is 0 Å². The predicted molar refractivity (Wildman–Crippen MR) is 137 cm³/mol. The Morgan fingerprint density at radius 3 is 2.28 bits per heavy atom. The largest absolute Gasteiger partial charge is 0.338 e. The molecule has 0 spiro atoms. The van der Waals surface area contributed by atoms with Crippen molar-refractivity contribution < 1.29 is 17.6 Å². The van der Waals surface area contributed by atoms with Crippen molar-refractivity contribution in [2.75, 3.05) is 16.6 Å². The maximum atomic E-state index is 15.0. The van der Waals surface area contributed by atoms with Crippen LogP contribution in [0.5, 0.6) is 0 Å². The number of rotatable bonds is 6. The number of anilines is 3. The van der Waals surface area contributed by atoms with Crippen LogP contribution in [0.25, 0.3) is 11.1 Å². The number of nitrogens with one attached hydrogen (secondary N) is 2. The molecule has 0 heterocycles. The summed E-state index contributed by atoms with van der Waals surface area (Å²) in [5, 5.41) is 13.2. The SMILES string of the molecule is CS(=O)(=O)c1ccccc1-c1ccc(NC(=O)NN(c2ccccc2)c2cccc(C#N)c2)c(F)c1. The Kier molecular flexibility index (Phi) is 6.99. The highest BCUT2D eigenvalue weighted by Gasteiger charge is 2.17. The van der Waals surface area contributed by atoms with E-state index in [1.165, 1.54) is 29.3 Å². The summed E-state index contributed by atoms with van der Waals surface area (Å²) in [6.07, 6.45) is 1.09. The maximum Gasteiger partial charge on any atom is 0.338 e. The lowest BCUT2D eigenvalue weighted by atomic mass is 10.1. The fraction of sp³-hybridized carbons (Fsp3) is 0.0370. The predicted octanol–water partition coefficient (Wildman–Crippen LogP) is 5.64. The average Bonchev–Trinajstić information content (AvgIpc) is 2.88. The monoisotopic (exact) mass is 500 g/mol. The summed E-state index contributed by atoms with van der Waals surface area (Å²) in [5.74, 6) is -0.733. The molecule has 4 aromatic carbocycles. The van der Waals surface area contributed by atoms with Crippen LogP contribution >= 0.6 is 0 Å². The molecule has 2 N–H and O–H groups in total. The second-order valence-electron chi connectivity index (χ2n) is 7.86. The molecule has 0 atom stereocenters. The van der Waals surface area contributed by atoms with Crippen LogP contribution in [0.4, 0.5) is 26.2 Å². The lowest BCUT2D eigenvalue weighted by Gasteiger charge is -2.25. The number of sulfone groups is 1. The van der Waals surface area contributed by atoms with Gasteiger partial charge >= 0.3 is 6.03 Å². The van der Waals surface area contributed by atoms with Gasteiger partial charge in [-0.2, -0.15) is 5.26 Å². The number of carbonyl (C=O) groups excluding carboxylic acids is 1. The highest BCUT2D eigenvalue weighted by Crippen LogP contribution is 2.30. The Morgan fingerprint density at radius 2 is 1.58 bits per heavy atom. The van der Waals surface area contributed by atoms with Crippen molar-refractivity contribution in [2.45, 2.75) is 4.90 Å². The third kappa shape index (κ3) is 5.51. The summed E-state index contributed by atoms with van der Waals surface area (Å²) in [6, 6.07) is 27.4. The smallest absolute Gasteiger partial charge is 0.304 e. The van der Waals surface area contributed by atoms with E-state index in [-0.39, 0.29) is 10.6 Å². The van der Waals surface area contributed by atoms with Gasteiger partial charge in [0.15, 0.2) is 9.84 Å². The van der Waals surface area contributed by atoms with E-state index in [9.17, 15) is 22.9 Å². The van der Waals surface area contributed by atoms with Gasteiger partial charge < -0.3 is 5.32 Å². The van der Waals surface area contributed by atoms with Gasteiger partial charge in [0.05, 0.1) is 33.6 Å². The highest BCUT2D eigenvalue weighted by molar-refractivity contribution is 7.90. The Morgan fingerprint density at radius 1 is 0.889 bits per heavy atom. The van der Waals surface area contributed by atoms with Gasteiger partial charge in [0, 0.05) is 11.8 Å². The van der Waals surface area contributed by atoms with Crippen molar-refractivity contribution in [1.29, 1.82) is 5.26 Å². The third-order valence-electron chi connectivity index (χ3n) is 5.28. The van der Waals surface area contributed by atoms with E-state index in [1.54, 1.807) is 66.7 Å². The van der Waals surface area contributed by atoms with E-state index in [2.05, 4.69) is 16.8 Å². The number of hydrazine groups is 1. The zero-order chi connectivity index (χ0) is 25.7. The lowest BCUT2D eigenvalue weighted by molar-refractivity contribution is 0.252. The van der Waals surface area contributed by atoms with Crippen LogP contribution in [-0.2, 0) is 9.84 Å². The lowest BCUT2D eigenvalue weighted by Crippen LogP contribution is -2.41. The molecule has 4 aromatic rings. The number of para-hydroxylation sites is 1. The molecule has 36 heavy (non-hydrogen) atoms. The molecule has 2 amide bonds. The number of nitriles is 1. The van der Waals surface area contributed by atoms with Crippen LogP contribution in [-0.4, -0.2) is 20.7 Å². The van der Waals surface area contributed by atoms with Gasteiger partial charge in [-0.15, -0.1) is 0 Å². The summed E-state index contributed by atoms with van der Waals surface area (Å²) in [6.45, 7) is 0. The van der Waals surface area contributed by atoms with Crippen molar-refractivity contribution in [3.05, 3.63) is 108 Å². The van der Waals surface area contributed by atoms with Crippen LogP contribution in [0, 0.1) is 17.1 Å². The summed E-state index contributed by atoms with van der Waals surface area (Å²) in [4.78, 5) is 12.9. The number of hydrogen-bond donors (Lipinski definition) is 2. The first-order valence-electron chi connectivity index (χ1n) is 10.8. The minimum Gasteiger partial charge on any atom is -0.304 e. The average molecular weight is 501 g/mol. The van der Waals surface area contributed by atoms with Gasteiger partial charge in [-0.3, -0.25) is 5.01 Å². The minimum absolute atomic E-state index is 0.0842. The van der Waals surface area contributed by atoms with Crippen LogP contribution < -0.4 is 15.8 Å². The molecule has 0 aromatic heterocycles. The Balaban J connectivity index is 1.59. The van der Waals surface area contributed by atoms with Gasteiger partial charge in [0.2, 0.25) is 0 Å². The second kappa shape index (κ2) is 10.3. The molecule has 0 saturated heterocycles. The van der Waals surface area contributed by atoms with E-state index in [4.69, 9.17) is 0 Å². The highest BCUT2D eigenvalue weighted by atomic mass is 32.2. The van der Waals surface area contributed by atoms with Gasteiger partial charge in [-0.1, -0.05) is 48.5 Å². The Hall–Kier alpha value is -4.68. The molecule has 0 radical (unpaired) electrons. The van der Waals surface area contributed by atoms with Crippen LogP contribution in [0.1, 0.15) is 5.56 Å². The molecule has 0 bridgehead atoms. The number of urea groups is 1. The van der Waals surface area contributed by atoms with Crippen molar-refractivity contribution in [3.63, 3.8) is 0 Å². The van der Waals surface area contributed by atoms with E-state index in [1.807, 2.05) is 6.07 Å². The van der Waals surface area contributed by atoms with Crippen LogP contribution in [0.15, 0.2) is 102 Å². The molecule has 0 aliphatic heterocycles. The molecule has 0 fully saturated rings. The molecule has 0 unspecified atom stereocenters. The van der Waals surface area contributed by atoms with Gasteiger partial charge in [-0.25, -0.2) is 23.0 Å². The molecule has 0 aliphatic rings. The zero-order valence-electron chi connectivity index (χ0n) is 19.1. The summed E-state index contributed by atoms with van der Waals surface area (Å²) < 4.78 is 39.2. The molecule has 0 saturated carbocycles. The normalized spacial score (nSPS) is 10.8. The summed E-state index contributed by atoms with van der Waals surface area (Å²) >= 11 is 0. The molecule has 7 nitrogen and oxygen atoms in total. The molecular formula is C27H21FN4O3S. The number of hydrogen-bond acceptors (Lipinski definition) is 5. The fourth-order valence-corrected chi connectivity index (χ4v) is 4.55. The molecule has 4 rings (SSSR count). The summed E-state index contributed by atoms with van der Waals surface area (Å²) in [5.41, 5.74) is 4.87. The van der Waals surface area contributed by atoms with Crippen molar-refractivity contribution in [3.8, 4) is 17.2 Å². The first kappa shape index (κ1) is 24.4. The first-order valence-corrected chi connectivity index (χ1v) is 12.7. The van der Waals surface area contributed by atoms with E-state index in [0.29, 0.717) is 28.1 Å². The Bertz CT molecular complexity index is 1570. The number of benzene rings is 4. The van der Waals surface area contributed by atoms with E-state index in [0.717, 1.165) is 6.26 Å². The second-order valence-corrected chi connectivity index (χ2v) is 9.85. The number of amides is 2. The minimum atomic E-state index is -3.52. The van der Waals surface area contributed by atoms with Crippen LogP contribution in [0.3, 0.4) is 0 Å². The molecule has 180 valence electrons. The fourth-order valence-electron chi connectivity index (χ4n) is 3.63. The van der Waals surface area contributed by atoms with E-state index >= 15 is 0 Å².